The Bertz CT molecular complexity index is 1010. The van der Waals surface area contributed by atoms with Gasteiger partial charge in [0, 0.05) is 35.9 Å². The minimum Gasteiger partial charge on any atom is -0.480 e. The highest BCUT2D eigenvalue weighted by Crippen LogP contribution is 2.34. The number of hydrogen-bond acceptors (Lipinski definition) is 4. The van der Waals surface area contributed by atoms with Crippen molar-refractivity contribution in [3.8, 4) is 11.1 Å². The molecule has 0 saturated carbocycles. The van der Waals surface area contributed by atoms with Crippen molar-refractivity contribution in [1.82, 2.24) is 4.57 Å². The molecule has 1 saturated heterocycles. The van der Waals surface area contributed by atoms with E-state index in [0.717, 1.165) is 54.4 Å². The molecule has 0 radical (unpaired) electrons. The third-order valence-corrected chi connectivity index (χ3v) is 6.52. The van der Waals surface area contributed by atoms with E-state index in [4.69, 9.17) is 21.1 Å². The number of ether oxygens (including phenoxy) is 2. The average molecular weight is 446 g/mol. The highest BCUT2D eigenvalue weighted by atomic mass is 35.5. The van der Waals surface area contributed by atoms with Crippen molar-refractivity contribution >= 4 is 17.6 Å². The monoisotopic (exact) mass is 445 g/mol. The van der Waals surface area contributed by atoms with Crippen LogP contribution in [0.2, 0.25) is 5.02 Å². The van der Waals surface area contributed by atoms with Gasteiger partial charge >= 0.3 is 5.97 Å². The number of halogens is 1. The summed E-state index contributed by atoms with van der Waals surface area (Å²) in [6.07, 6.45) is 6.23. The molecule has 1 aromatic carbocycles. The molecule has 3 heterocycles. The Labute approximate surface area is 186 Å². The van der Waals surface area contributed by atoms with Crippen LogP contribution < -0.4 is 5.56 Å². The number of nitrogens with zero attached hydrogens (tertiary/aromatic N) is 1. The first kappa shape index (κ1) is 22.1. The fourth-order valence-corrected chi connectivity index (χ4v) is 4.70. The Morgan fingerprint density at radius 3 is 2.71 bits per heavy atom. The minimum absolute atomic E-state index is 0.0411. The highest BCUT2D eigenvalue weighted by Gasteiger charge is 2.28. The summed E-state index contributed by atoms with van der Waals surface area (Å²) in [6.45, 7) is 3.03. The molecule has 1 aromatic heterocycles. The summed E-state index contributed by atoms with van der Waals surface area (Å²) in [5.74, 6) is -1.03. The molecule has 166 valence electrons. The van der Waals surface area contributed by atoms with Crippen molar-refractivity contribution in [1.29, 1.82) is 0 Å². The summed E-state index contributed by atoms with van der Waals surface area (Å²) >= 11 is 6.27. The van der Waals surface area contributed by atoms with Crippen molar-refractivity contribution in [2.75, 3.05) is 6.61 Å². The number of aliphatic carboxylic acids is 1. The lowest BCUT2D eigenvalue weighted by Gasteiger charge is -2.28. The molecule has 6 nitrogen and oxygen atoms in total. The summed E-state index contributed by atoms with van der Waals surface area (Å²) in [7, 11) is 0. The molecule has 31 heavy (non-hydrogen) atoms. The smallest absolute Gasteiger partial charge is 0.326 e. The van der Waals surface area contributed by atoms with Crippen LogP contribution in [-0.2, 0) is 27.3 Å². The van der Waals surface area contributed by atoms with Gasteiger partial charge in [-0.05, 0) is 60.9 Å². The number of fused-ring (bicyclic) bond motifs is 3. The molecule has 2 aromatic rings. The number of carbonyl (C=O) groups is 1. The Hall–Kier alpha value is -2.15. The Morgan fingerprint density at radius 2 is 2.00 bits per heavy atom. The highest BCUT2D eigenvalue weighted by molar-refractivity contribution is 6.30. The maximum absolute atomic E-state index is 13.1. The zero-order valence-electron chi connectivity index (χ0n) is 17.7. The molecule has 1 unspecified atom stereocenters. The topological polar surface area (TPSA) is 77.8 Å². The fraction of sp³-hybridized carbons (Fsp3) is 0.500. The van der Waals surface area contributed by atoms with E-state index in [2.05, 4.69) is 6.92 Å². The molecule has 0 bridgehead atoms. The van der Waals surface area contributed by atoms with E-state index < -0.39 is 12.0 Å². The maximum Gasteiger partial charge on any atom is 0.326 e. The van der Waals surface area contributed by atoms with Crippen LogP contribution in [-0.4, -0.2) is 34.5 Å². The molecule has 4 rings (SSSR count). The number of pyridine rings is 1. The lowest BCUT2D eigenvalue weighted by atomic mass is 9.91. The normalized spacial score (nSPS) is 22.0. The molecule has 0 aliphatic carbocycles. The lowest BCUT2D eigenvalue weighted by molar-refractivity contribution is -0.142. The van der Waals surface area contributed by atoms with Gasteiger partial charge in [-0.1, -0.05) is 24.6 Å². The van der Waals surface area contributed by atoms with Crippen LogP contribution in [0.3, 0.4) is 0 Å². The summed E-state index contributed by atoms with van der Waals surface area (Å²) < 4.78 is 13.2. The second kappa shape index (κ2) is 9.55. The number of rotatable bonds is 5. The Balaban J connectivity index is 1.77. The molecule has 2 aliphatic rings. The van der Waals surface area contributed by atoms with Gasteiger partial charge in [-0.2, -0.15) is 0 Å². The number of aromatic nitrogens is 1. The number of carboxylic acid groups (broad SMARTS) is 1. The van der Waals surface area contributed by atoms with Gasteiger partial charge in [-0.15, -0.1) is 0 Å². The van der Waals surface area contributed by atoms with Crippen LogP contribution in [0.25, 0.3) is 11.1 Å². The third kappa shape index (κ3) is 4.86. The maximum atomic E-state index is 13.1. The largest absolute Gasteiger partial charge is 0.480 e. The van der Waals surface area contributed by atoms with E-state index in [1.165, 1.54) is 10.6 Å². The summed E-state index contributed by atoms with van der Waals surface area (Å²) in [4.78, 5) is 25.2. The summed E-state index contributed by atoms with van der Waals surface area (Å²) in [5, 5.41) is 10.5. The predicted octanol–water partition coefficient (Wildman–Crippen LogP) is 4.60. The van der Waals surface area contributed by atoms with Crippen LogP contribution in [0.15, 0.2) is 35.3 Å². The zero-order valence-corrected chi connectivity index (χ0v) is 18.4. The molecule has 2 aliphatic heterocycles. The first-order valence-electron chi connectivity index (χ1n) is 11.0. The molecule has 1 N–H and O–H groups in total. The van der Waals surface area contributed by atoms with E-state index >= 15 is 0 Å². The molecular weight excluding hydrogens is 418 g/mol. The van der Waals surface area contributed by atoms with Crippen molar-refractivity contribution in [2.45, 2.75) is 70.3 Å². The van der Waals surface area contributed by atoms with Crippen LogP contribution >= 0.6 is 11.6 Å². The second-order valence-electron chi connectivity index (χ2n) is 8.38. The van der Waals surface area contributed by atoms with E-state index in [1.807, 2.05) is 18.2 Å². The minimum atomic E-state index is -1.03. The standard InChI is InChI=1S/C24H28ClNO5/c1-2-18-9-15-6-7-17(25)10-20(15)21-12-23(27)26(13-16(21)14-31-18)22(24(28)29)11-19-5-3-4-8-30-19/h6-7,10,12-13,18-19,22H,2-5,8-9,11,14H2,1H3,(H,28,29)/t18-,19+,22?/m1/s1. The molecule has 0 spiro atoms. The summed E-state index contributed by atoms with van der Waals surface area (Å²) in [6, 6.07) is 6.25. The molecular formula is C24H28ClNO5. The number of carboxylic acids is 1. The quantitative estimate of drug-likeness (QED) is 0.727. The van der Waals surface area contributed by atoms with Gasteiger partial charge in [0.15, 0.2) is 0 Å². The molecule has 3 atom stereocenters. The first-order valence-corrected chi connectivity index (χ1v) is 11.3. The fourth-order valence-electron chi connectivity index (χ4n) is 4.53. The average Bonchev–Trinajstić information content (AvgIpc) is 2.76. The molecule has 1 fully saturated rings. The lowest BCUT2D eigenvalue weighted by Crippen LogP contribution is -2.34. The van der Waals surface area contributed by atoms with E-state index in [9.17, 15) is 14.7 Å². The van der Waals surface area contributed by atoms with E-state index in [-0.39, 0.29) is 24.2 Å². The van der Waals surface area contributed by atoms with Gasteiger partial charge in [0.25, 0.3) is 5.56 Å². The Morgan fingerprint density at radius 1 is 1.19 bits per heavy atom. The van der Waals surface area contributed by atoms with Crippen molar-refractivity contribution in [3.05, 3.63) is 57.0 Å². The van der Waals surface area contributed by atoms with Gasteiger partial charge in [0.05, 0.1) is 18.8 Å². The predicted molar refractivity (Wildman–Crippen MR) is 119 cm³/mol. The van der Waals surface area contributed by atoms with Crippen LogP contribution in [0.1, 0.15) is 56.2 Å². The van der Waals surface area contributed by atoms with Gasteiger partial charge in [0.2, 0.25) is 0 Å². The first-order chi connectivity index (χ1) is 15.0. The molecule has 7 heteroatoms. The van der Waals surface area contributed by atoms with Crippen LogP contribution in [0.5, 0.6) is 0 Å². The van der Waals surface area contributed by atoms with Crippen molar-refractivity contribution in [2.24, 2.45) is 0 Å². The van der Waals surface area contributed by atoms with Gasteiger partial charge in [0.1, 0.15) is 6.04 Å². The van der Waals surface area contributed by atoms with Crippen molar-refractivity contribution < 1.29 is 19.4 Å². The Kier molecular flexibility index (Phi) is 6.80. The van der Waals surface area contributed by atoms with Crippen LogP contribution in [0.4, 0.5) is 0 Å². The SMILES string of the molecule is CC[C@@H]1Cc2ccc(Cl)cc2-c2cc(=O)n(C(C[C@@H]3CCCCO3)C(=O)O)cc2CO1. The summed E-state index contributed by atoms with van der Waals surface area (Å²) in [5.41, 5.74) is 3.18. The van der Waals surface area contributed by atoms with Gasteiger partial charge < -0.3 is 19.1 Å². The van der Waals surface area contributed by atoms with Gasteiger partial charge in [-0.3, -0.25) is 4.79 Å². The second-order valence-corrected chi connectivity index (χ2v) is 8.82. The number of hydrogen-bond donors (Lipinski definition) is 1. The van der Waals surface area contributed by atoms with E-state index in [1.54, 1.807) is 6.20 Å². The van der Waals surface area contributed by atoms with Gasteiger partial charge in [-0.25, -0.2) is 4.79 Å². The zero-order chi connectivity index (χ0) is 22.0. The number of benzene rings is 1. The van der Waals surface area contributed by atoms with E-state index in [0.29, 0.717) is 18.2 Å². The molecule has 0 amide bonds. The third-order valence-electron chi connectivity index (χ3n) is 6.28. The van der Waals surface area contributed by atoms with Crippen LogP contribution in [0, 0.1) is 0 Å². The van der Waals surface area contributed by atoms with Crippen molar-refractivity contribution in [3.63, 3.8) is 0 Å².